The Kier molecular flexibility index (Phi) is 3.31. The summed E-state index contributed by atoms with van der Waals surface area (Å²) in [6.07, 6.45) is 7.55. The zero-order chi connectivity index (χ0) is 11.4. The van der Waals surface area contributed by atoms with Crippen LogP contribution in [0.1, 0.15) is 17.1 Å². The molecule has 0 atom stereocenters. The predicted octanol–water partition coefficient (Wildman–Crippen LogP) is 1.06. The summed E-state index contributed by atoms with van der Waals surface area (Å²) in [5.41, 5.74) is 8.04. The van der Waals surface area contributed by atoms with Crippen LogP contribution in [0.5, 0.6) is 0 Å². The third-order valence-electron chi connectivity index (χ3n) is 2.76. The van der Waals surface area contributed by atoms with Gasteiger partial charge in [-0.1, -0.05) is 6.07 Å². The van der Waals surface area contributed by atoms with E-state index in [-0.39, 0.29) is 0 Å². The summed E-state index contributed by atoms with van der Waals surface area (Å²) in [7, 11) is 2.01. The van der Waals surface area contributed by atoms with Crippen molar-refractivity contribution in [3.63, 3.8) is 0 Å². The maximum Gasteiger partial charge on any atom is 0.122 e. The van der Waals surface area contributed by atoms with Crippen LogP contribution < -0.4 is 5.73 Å². The number of nitrogens with zero attached hydrogens (tertiary/aromatic N) is 3. The minimum absolute atomic E-state index is 0.489. The van der Waals surface area contributed by atoms with E-state index in [9.17, 15) is 0 Å². The molecule has 0 aliphatic heterocycles. The average Bonchev–Trinajstić information content (AvgIpc) is 2.69. The van der Waals surface area contributed by atoms with Crippen LogP contribution in [0, 0.1) is 0 Å². The molecule has 0 radical (unpaired) electrons. The fourth-order valence-electron chi connectivity index (χ4n) is 1.73. The first-order chi connectivity index (χ1) is 7.81. The van der Waals surface area contributed by atoms with Crippen LogP contribution >= 0.6 is 0 Å². The third kappa shape index (κ3) is 2.28. The van der Waals surface area contributed by atoms with Gasteiger partial charge in [-0.3, -0.25) is 4.98 Å². The Balaban J connectivity index is 2.02. The van der Waals surface area contributed by atoms with Crippen molar-refractivity contribution in [2.45, 2.75) is 19.4 Å². The number of aromatic nitrogens is 3. The Morgan fingerprint density at radius 2 is 2.19 bits per heavy atom. The van der Waals surface area contributed by atoms with E-state index in [2.05, 4.69) is 20.6 Å². The first-order valence-corrected chi connectivity index (χ1v) is 5.39. The Morgan fingerprint density at radius 1 is 1.31 bits per heavy atom. The highest BCUT2D eigenvalue weighted by Gasteiger charge is 2.04. The molecule has 2 aromatic heterocycles. The van der Waals surface area contributed by atoms with Gasteiger partial charge in [0.2, 0.25) is 0 Å². The number of hydrogen-bond donors (Lipinski definition) is 1. The quantitative estimate of drug-likeness (QED) is 0.831. The number of aryl methyl sites for hydroxylation is 2. The molecule has 2 heterocycles. The Bertz CT molecular complexity index is 447. The number of rotatable bonds is 4. The second kappa shape index (κ2) is 4.90. The molecule has 2 rings (SSSR count). The third-order valence-corrected chi connectivity index (χ3v) is 2.76. The zero-order valence-corrected chi connectivity index (χ0v) is 9.43. The van der Waals surface area contributed by atoms with Crippen molar-refractivity contribution in [2.24, 2.45) is 12.8 Å². The number of hydrogen-bond acceptors (Lipinski definition) is 3. The van der Waals surface area contributed by atoms with Gasteiger partial charge in [-0.05, 0) is 24.5 Å². The SMILES string of the molecule is Cn1c(CCc2cccnc2)cnc1CN. The van der Waals surface area contributed by atoms with E-state index in [0.717, 1.165) is 18.7 Å². The topological polar surface area (TPSA) is 56.7 Å². The van der Waals surface area contributed by atoms with Crippen LogP contribution in [0.25, 0.3) is 0 Å². The Morgan fingerprint density at radius 3 is 2.81 bits per heavy atom. The molecule has 0 unspecified atom stereocenters. The predicted molar refractivity (Wildman–Crippen MR) is 62.7 cm³/mol. The minimum atomic E-state index is 0.489. The smallest absolute Gasteiger partial charge is 0.122 e. The highest BCUT2D eigenvalue weighted by molar-refractivity contribution is 5.12. The van der Waals surface area contributed by atoms with Gasteiger partial charge in [0.1, 0.15) is 5.82 Å². The average molecular weight is 216 g/mol. The molecule has 0 fully saturated rings. The van der Waals surface area contributed by atoms with Gasteiger partial charge in [-0.15, -0.1) is 0 Å². The maximum atomic E-state index is 5.58. The highest BCUT2D eigenvalue weighted by Crippen LogP contribution is 2.07. The van der Waals surface area contributed by atoms with Gasteiger partial charge in [-0.25, -0.2) is 4.98 Å². The zero-order valence-electron chi connectivity index (χ0n) is 9.43. The maximum absolute atomic E-state index is 5.58. The molecule has 84 valence electrons. The summed E-state index contributed by atoms with van der Waals surface area (Å²) >= 11 is 0. The fraction of sp³-hybridized carbons (Fsp3) is 0.333. The molecule has 2 aromatic rings. The summed E-state index contributed by atoms with van der Waals surface area (Å²) < 4.78 is 2.07. The van der Waals surface area contributed by atoms with Crippen molar-refractivity contribution < 1.29 is 0 Å². The van der Waals surface area contributed by atoms with Crippen molar-refractivity contribution in [1.29, 1.82) is 0 Å². The minimum Gasteiger partial charge on any atom is -0.334 e. The first kappa shape index (κ1) is 10.8. The van der Waals surface area contributed by atoms with Crippen LogP contribution in [0.3, 0.4) is 0 Å². The lowest BCUT2D eigenvalue weighted by molar-refractivity contribution is 0.739. The van der Waals surface area contributed by atoms with E-state index in [1.54, 1.807) is 6.20 Å². The van der Waals surface area contributed by atoms with Crippen LogP contribution in [-0.4, -0.2) is 14.5 Å². The molecule has 0 amide bonds. The molecular formula is C12H16N4. The largest absolute Gasteiger partial charge is 0.334 e. The van der Waals surface area contributed by atoms with E-state index in [4.69, 9.17) is 5.73 Å². The molecule has 0 saturated heterocycles. The molecule has 4 heteroatoms. The first-order valence-electron chi connectivity index (χ1n) is 5.39. The van der Waals surface area contributed by atoms with E-state index >= 15 is 0 Å². The molecule has 16 heavy (non-hydrogen) atoms. The number of pyridine rings is 1. The van der Waals surface area contributed by atoms with Crippen LogP contribution in [0.2, 0.25) is 0 Å². The van der Waals surface area contributed by atoms with Crippen molar-refractivity contribution in [3.8, 4) is 0 Å². The lowest BCUT2D eigenvalue weighted by Gasteiger charge is -2.04. The monoisotopic (exact) mass is 216 g/mol. The van der Waals surface area contributed by atoms with Crippen molar-refractivity contribution in [3.05, 3.63) is 47.8 Å². The molecule has 0 aliphatic rings. The van der Waals surface area contributed by atoms with Gasteiger partial charge in [0, 0.05) is 31.3 Å². The number of nitrogens with two attached hydrogens (primary N) is 1. The number of imidazole rings is 1. The molecular weight excluding hydrogens is 200 g/mol. The molecule has 0 aliphatic carbocycles. The molecule has 4 nitrogen and oxygen atoms in total. The van der Waals surface area contributed by atoms with Crippen LogP contribution in [-0.2, 0) is 26.4 Å². The summed E-state index contributed by atoms with van der Waals surface area (Å²) in [5, 5.41) is 0. The van der Waals surface area contributed by atoms with E-state index in [1.165, 1.54) is 11.3 Å². The Labute approximate surface area is 95.1 Å². The van der Waals surface area contributed by atoms with Gasteiger partial charge >= 0.3 is 0 Å². The van der Waals surface area contributed by atoms with Gasteiger partial charge in [0.05, 0.1) is 6.54 Å². The summed E-state index contributed by atoms with van der Waals surface area (Å²) in [6.45, 7) is 0.489. The van der Waals surface area contributed by atoms with Crippen molar-refractivity contribution >= 4 is 0 Å². The lowest BCUT2D eigenvalue weighted by Crippen LogP contribution is -2.07. The van der Waals surface area contributed by atoms with E-state index in [0.29, 0.717) is 6.54 Å². The van der Waals surface area contributed by atoms with Crippen LogP contribution in [0.15, 0.2) is 30.7 Å². The highest BCUT2D eigenvalue weighted by atomic mass is 15.1. The Hall–Kier alpha value is -1.68. The van der Waals surface area contributed by atoms with E-state index in [1.807, 2.05) is 25.5 Å². The summed E-state index contributed by atoms with van der Waals surface area (Å²) in [4.78, 5) is 8.37. The van der Waals surface area contributed by atoms with Crippen molar-refractivity contribution in [2.75, 3.05) is 0 Å². The molecule has 2 N–H and O–H groups in total. The second-order valence-electron chi connectivity index (χ2n) is 3.79. The normalized spacial score (nSPS) is 10.6. The lowest BCUT2D eigenvalue weighted by atomic mass is 10.1. The second-order valence-corrected chi connectivity index (χ2v) is 3.79. The molecule has 0 spiro atoms. The van der Waals surface area contributed by atoms with Gasteiger partial charge in [0.25, 0.3) is 0 Å². The summed E-state index contributed by atoms with van der Waals surface area (Å²) in [6, 6.07) is 4.05. The van der Waals surface area contributed by atoms with Crippen molar-refractivity contribution in [1.82, 2.24) is 14.5 Å². The van der Waals surface area contributed by atoms with Gasteiger partial charge < -0.3 is 10.3 Å². The molecule has 0 bridgehead atoms. The molecule has 0 aromatic carbocycles. The molecule has 0 saturated carbocycles. The van der Waals surface area contributed by atoms with Crippen LogP contribution in [0.4, 0.5) is 0 Å². The fourth-order valence-corrected chi connectivity index (χ4v) is 1.73. The van der Waals surface area contributed by atoms with E-state index < -0.39 is 0 Å². The standard InChI is InChI=1S/C12H16N4/c1-16-11(9-15-12(16)7-13)5-4-10-3-2-6-14-8-10/h2-3,6,8-9H,4-5,7,13H2,1H3. The van der Waals surface area contributed by atoms with Gasteiger partial charge in [0.15, 0.2) is 0 Å². The van der Waals surface area contributed by atoms with Gasteiger partial charge in [-0.2, -0.15) is 0 Å². The summed E-state index contributed by atoms with van der Waals surface area (Å²) in [5.74, 6) is 0.932.